The Morgan fingerprint density at radius 3 is 2.62 bits per heavy atom. The molecular weight excluding hydrogens is 300 g/mol. The van der Waals surface area contributed by atoms with Gasteiger partial charge >= 0.3 is 0 Å². The van der Waals surface area contributed by atoms with Gasteiger partial charge in [0.05, 0.1) is 6.61 Å². The van der Waals surface area contributed by atoms with Gasteiger partial charge in [0.25, 0.3) is 0 Å². The number of nitrogens with zero attached hydrogens (tertiary/aromatic N) is 1. The lowest BCUT2D eigenvalue weighted by Gasteiger charge is -2.32. The van der Waals surface area contributed by atoms with E-state index in [9.17, 15) is 4.79 Å². The van der Waals surface area contributed by atoms with Gasteiger partial charge in [-0.05, 0) is 54.8 Å². The largest absolute Gasteiger partial charge is 0.494 e. The molecule has 1 fully saturated rings. The van der Waals surface area contributed by atoms with Crippen molar-refractivity contribution in [1.82, 2.24) is 4.90 Å². The zero-order valence-corrected chi connectivity index (χ0v) is 15.4. The van der Waals surface area contributed by atoms with Crippen LogP contribution in [0.5, 0.6) is 5.75 Å². The Hall–Kier alpha value is -1.55. The zero-order chi connectivity index (χ0) is 17.6. The molecule has 4 nitrogen and oxygen atoms in total. The molecule has 0 saturated carbocycles. The average Bonchev–Trinajstić information content (AvgIpc) is 2.51. The Balaban J connectivity index is 1.68. The maximum Gasteiger partial charge on any atom is 0.217 e. The number of rotatable bonds is 7. The van der Waals surface area contributed by atoms with Crippen molar-refractivity contribution in [3.05, 3.63) is 29.8 Å². The molecule has 1 aliphatic heterocycles. The number of benzene rings is 1. The summed E-state index contributed by atoms with van der Waals surface area (Å²) in [5, 5.41) is 0. The van der Waals surface area contributed by atoms with Crippen molar-refractivity contribution >= 4 is 5.91 Å². The van der Waals surface area contributed by atoms with Gasteiger partial charge in [-0.25, -0.2) is 0 Å². The maximum atomic E-state index is 11.1. The molecule has 0 bridgehead atoms. The number of nitrogens with two attached hydrogens (primary N) is 1. The summed E-state index contributed by atoms with van der Waals surface area (Å²) in [6.45, 7) is 10.5. The second-order valence-corrected chi connectivity index (χ2v) is 7.96. The molecule has 0 unspecified atom stereocenters. The highest BCUT2D eigenvalue weighted by Crippen LogP contribution is 2.24. The Bertz CT molecular complexity index is 519. The van der Waals surface area contributed by atoms with E-state index in [0.717, 1.165) is 51.3 Å². The number of likely N-dealkylation sites (tertiary alicyclic amines) is 1. The number of ether oxygens (including phenoxy) is 1. The molecule has 0 aromatic heterocycles. The van der Waals surface area contributed by atoms with Crippen LogP contribution in [0.2, 0.25) is 0 Å². The van der Waals surface area contributed by atoms with E-state index in [4.69, 9.17) is 10.5 Å². The molecule has 1 aliphatic rings. The molecule has 1 aromatic carbocycles. The Morgan fingerprint density at radius 1 is 1.29 bits per heavy atom. The van der Waals surface area contributed by atoms with E-state index in [2.05, 4.69) is 49.9 Å². The molecule has 0 radical (unpaired) electrons. The summed E-state index contributed by atoms with van der Waals surface area (Å²) in [5.41, 5.74) is 6.81. The first-order valence-corrected chi connectivity index (χ1v) is 9.08. The number of amides is 1. The molecule has 2 rings (SSSR count). The van der Waals surface area contributed by atoms with Crippen LogP contribution in [-0.4, -0.2) is 37.0 Å². The minimum absolute atomic E-state index is 0.175. The first kappa shape index (κ1) is 18.8. The molecule has 1 amide bonds. The molecule has 0 spiro atoms. The van der Waals surface area contributed by atoms with Gasteiger partial charge in [-0.15, -0.1) is 0 Å². The SMILES string of the molecule is CC(C)(C)c1ccc(OCCCN2CCC[C@H](CC(N)=O)C2)cc1. The predicted molar refractivity (Wildman–Crippen MR) is 98.2 cm³/mol. The van der Waals surface area contributed by atoms with Gasteiger partial charge in [-0.3, -0.25) is 4.79 Å². The summed E-state index contributed by atoms with van der Waals surface area (Å²) in [5.74, 6) is 1.19. The predicted octanol–water partition coefficient (Wildman–Crippen LogP) is 3.34. The minimum Gasteiger partial charge on any atom is -0.494 e. The Kier molecular flexibility index (Phi) is 6.67. The first-order chi connectivity index (χ1) is 11.3. The van der Waals surface area contributed by atoms with Crippen molar-refractivity contribution < 1.29 is 9.53 Å². The lowest BCUT2D eigenvalue weighted by Crippen LogP contribution is -2.38. The standard InChI is InChI=1S/C20H32N2O2/c1-20(2,3)17-7-9-18(10-8-17)24-13-5-12-22-11-4-6-16(15-22)14-19(21)23/h7-10,16H,4-6,11-15H2,1-3H3,(H2,21,23)/t16-/m1/s1. The van der Waals surface area contributed by atoms with Crippen LogP contribution in [0.25, 0.3) is 0 Å². The Morgan fingerprint density at radius 2 is 2.00 bits per heavy atom. The summed E-state index contributed by atoms with van der Waals surface area (Å²) in [7, 11) is 0. The van der Waals surface area contributed by atoms with E-state index in [1.165, 1.54) is 5.56 Å². The quantitative estimate of drug-likeness (QED) is 0.779. The lowest BCUT2D eigenvalue weighted by molar-refractivity contribution is -0.119. The van der Waals surface area contributed by atoms with Gasteiger partial charge in [0.1, 0.15) is 5.75 Å². The van der Waals surface area contributed by atoms with Crippen LogP contribution in [-0.2, 0) is 10.2 Å². The highest BCUT2D eigenvalue weighted by molar-refractivity contribution is 5.74. The van der Waals surface area contributed by atoms with Crippen LogP contribution >= 0.6 is 0 Å². The van der Waals surface area contributed by atoms with Gasteiger partial charge in [0, 0.05) is 19.5 Å². The van der Waals surface area contributed by atoms with E-state index < -0.39 is 0 Å². The van der Waals surface area contributed by atoms with Gasteiger partial charge in [-0.1, -0.05) is 32.9 Å². The smallest absolute Gasteiger partial charge is 0.217 e. The molecule has 1 atom stereocenters. The number of piperidine rings is 1. The molecule has 4 heteroatoms. The van der Waals surface area contributed by atoms with Crippen LogP contribution in [0.3, 0.4) is 0 Å². The van der Waals surface area contributed by atoms with Gasteiger partial charge in [-0.2, -0.15) is 0 Å². The normalized spacial score (nSPS) is 19.2. The van der Waals surface area contributed by atoms with Crippen LogP contribution in [0.1, 0.15) is 52.0 Å². The molecule has 1 aromatic rings. The van der Waals surface area contributed by atoms with Crippen molar-refractivity contribution in [2.45, 2.75) is 51.9 Å². The molecule has 1 saturated heterocycles. The highest BCUT2D eigenvalue weighted by Gasteiger charge is 2.20. The van der Waals surface area contributed by atoms with Crippen LogP contribution in [0.4, 0.5) is 0 Å². The monoisotopic (exact) mass is 332 g/mol. The fraction of sp³-hybridized carbons (Fsp3) is 0.650. The number of primary amides is 1. The van der Waals surface area contributed by atoms with E-state index in [-0.39, 0.29) is 11.3 Å². The first-order valence-electron chi connectivity index (χ1n) is 9.08. The number of hydrogen-bond donors (Lipinski definition) is 1. The Labute approximate surface area is 146 Å². The fourth-order valence-electron chi connectivity index (χ4n) is 3.33. The number of carbonyl (C=O) groups excluding carboxylic acids is 1. The van der Waals surface area contributed by atoms with E-state index in [1.807, 2.05) is 0 Å². The van der Waals surface area contributed by atoms with Crippen LogP contribution in [0, 0.1) is 5.92 Å². The van der Waals surface area contributed by atoms with E-state index in [1.54, 1.807) is 0 Å². The summed E-state index contributed by atoms with van der Waals surface area (Å²) < 4.78 is 5.86. The lowest BCUT2D eigenvalue weighted by atomic mass is 9.87. The second kappa shape index (κ2) is 8.52. The summed E-state index contributed by atoms with van der Waals surface area (Å²) >= 11 is 0. The van der Waals surface area contributed by atoms with Crippen molar-refractivity contribution in [2.24, 2.45) is 11.7 Å². The third-order valence-corrected chi connectivity index (χ3v) is 4.70. The topological polar surface area (TPSA) is 55.6 Å². The third-order valence-electron chi connectivity index (χ3n) is 4.70. The zero-order valence-electron chi connectivity index (χ0n) is 15.4. The summed E-state index contributed by atoms with van der Waals surface area (Å²) in [6.07, 6.45) is 3.81. The van der Waals surface area contributed by atoms with Gasteiger partial charge in [0.2, 0.25) is 5.91 Å². The molecule has 134 valence electrons. The average molecular weight is 332 g/mol. The van der Waals surface area contributed by atoms with Crippen molar-refractivity contribution in [1.29, 1.82) is 0 Å². The third kappa shape index (κ3) is 6.16. The molecule has 0 aliphatic carbocycles. The number of carbonyl (C=O) groups is 1. The van der Waals surface area contributed by atoms with Crippen LogP contribution < -0.4 is 10.5 Å². The second-order valence-electron chi connectivity index (χ2n) is 7.96. The molecule has 2 N–H and O–H groups in total. The minimum atomic E-state index is -0.177. The molecule has 24 heavy (non-hydrogen) atoms. The summed E-state index contributed by atoms with van der Waals surface area (Å²) in [4.78, 5) is 13.5. The van der Waals surface area contributed by atoms with Crippen molar-refractivity contribution in [3.63, 3.8) is 0 Å². The maximum absolute atomic E-state index is 11.1. The van der Waals surface area contributed by atoms with E-state index >= 15 is 0 Å². The number of hydrogen-bond acceptors (Lipinski definition) is 3. The van der Waals surface area contributed by atoms with E-state index in [0.29, 0.717) is 12.3 Å². The fourth-order valence-corrected chi connectivity index (χ4v) is 3.33. The molecule has 1 heterocycles. The van der Waals surface area contributed by atoms with Gasteiger partial charge in [0.15, 0.2) is 0 Å². The van der Waals surface area contributed by atoms with Crippen molar-refractivity contribution in [2.75, 3.05) is 26.2 Å². The highest BCUT2D eigenvalue weighted by atomic mass is 16.5. The molecular formula is C20H32N2O2. The van der Waals surface area contributed by atoms with Gasteiger partial charge < -0.3 is 15.4 Å². The van der Waals surface area contributed by atoms with Crippen molar-refractivity contribution in [3.8, 4) is 5.75 Å². The van der Waals surface area contributed by atoms with Crippen LogP contribution in [0.15, 0.2) is 24.3 Å². The summed E-state index contributed by atoms with van der Waals surface area (Å²) in [6, 6.07) is 8.41.